The summed E-state index contributed by atoms with van der Waals surface area (Å²) in [5, 5.41) is 4.66. The normalized spacial score (nSPS) is 17.2. The summed E-state index contributed by atoms with van der Waals surface area (Å²) in [6.07, 6.45) is 4.07. The maximum absolute atomic E-state index is 6.18. The third kappa shape index (κ3) is 2.63. The molecule has 1 heterocycles. The Balaban J connectivity index is 1.97. The minimum Gasteiger partial charge on any atom is -0.399 e. The van der Waals surface area contributed by atoms with Crippen LogP contribution in [0.2, 0.25) is 5.02 Å². The molecule has 0 unspecified atom stereocenters. The van der Waals surface area contributed by atoms with E-state index in [0.29, 0.717) is 34.6 Å². The summed E-state index contributed by atoms with van der Waals surface area (Å²) < 4.78 is 11.3. The van der Waals surface area contributed by atoms with Gasteiger partial charge in [0.15, 0.2) is 0 Å². The molecule has 112 valence electrons. The number of aromatic nitrogens is 2. The second-order valence-corrected chi connectivity index (χ2v) is 5.70. The van der Waals surface area contributed by atoms with Crippen molar-refractivity contribution in [3.8, 4) is 11.5 Å². The van der Waals surface area contributed by atoms with E-state index >= 15 is 0 Å². The fraction of sp³-hybridized carbons (Fsp3) is 0.467. The molecule has 1 aromatic carbocycles. The van der Waals surface area contributed by atoms with Gasteiger partial charge in [0.25, 0.3) is 5.89 Å². The second-order valence-electron chi connectivity index (χ2n) is 5.30. The van der Waals surface area contributed by atoms with Crippen molar-refractivity contribution in [2.45, 2.75) is 38.2 Å². The Morgan fingerprint density at radius 1 is 1.38 bits per heavy atom. The molecule has 0 radical (unpaired) electrons. The predicted molar refractivity (Wildman–Crippen MR) is 80.9 cm³/mol. The molecule has 1 aliphatic carbocycles. The largest absolute Gasteiger partial charge is 0.399 e. The monoisotopic (exact) mass is 307 g/mol. The topological polar surface area (TPSA) is 74.2 Å². The van der Waals surface area contributed by atoms with E-state index in [4.69, 9.17) is 26.6 Å². The number of anilines is 1. The van der Waals surface area contributed by atoms with E-state index in [-0.39, 0.29) is 0 Å². The Morgan fingerprint density at radius 3 is 2.86 bits per heavy atom. The Morgan fingerprint density at radius 2 is 2.14 bits per heavy atom. The van der Waals surface area contributed by atoms with Crippen molar-refractivity contribution in [3.63, 3.8) is 0 Å². The number of rotatable bonds is 4. The quantitative estimate of drug-likeness (QED) is 0.870. The van der Waals surface area contributed by atoms with Gasteiger partial charge in [0.05, 0.1) is 10.6 Å². The molecule has 0 aliphatic heterocycles. The van der Waals surface area contributed by atoms with Gasteiger partial charge in [0, 0.05) is 12.3 Å². The summed E-state index contributed by atoms with van der Waals surface area (Å²) in [6.45, 7) is 2.61. The number of halogens is 1. The molecule has 2 aromatic rings. The summed E-state index contributed by atoms with van der Waals surface area (Å²) in [7, 11) is 0. The highest BCUT2D eigenvalue weighted by Gasteiger charge is 2.41. The fourth-order valence-electron chi connectivity index (χ4n) is 2.88. The molecule has 5 nitrogen and oxygen atoms in total. The molecule has 1 aromatic heterocycles. The SMILES string of the molecule is CCOC1(c2noc(-c3cc(N)ccc3Cl)n2)CCCC1. The maximum atomic E-state index is 6.18. The first-order chi connectivity index (χ1) is 10.1. The van der Waals surface area contributed by atoms with E-state index in [1.54, 1.807) is 18.2 Å². The Hall–Kier alpha value is -1.59. The lowest BCUT2D eigenvalue weighted by atomic mass is 10.0. The van der Waals surface area contributed by atoms with Crippen LogP contribution in [0.5, 0.6) is 0 Å². The number of hydrogen-bond acceptors (Lipinski definition) is 5. The van der Waals surface area contributed by atoms with Crippen molar-refractivity contribution in [1.82, 2.24) is 10.1 Å². The number of nitrogen functional groups attached to an aromatic ring is 1. The molecule has 1 aliphatic rings. The lowest BCUT2D eigenvalue weighted by Gasteiger charge is -2.24. The fourth-order valence-corrected chi connectivity index (χ4v) is 3.08. The smallest absolute Gasteiger partial charge is 0.259 e. The van der Waals surface area contributed by atoms with Gasteiger partial charge in [-0.3, -0.25) is 0 Å². The molecular weight excluding hydrogens is 290 g/mol. The van der Waals surface area contributed by atoms with Gasteiger partial charge in [-0.25, -0.2) is 0 Å². The highest BCUT2D eigenvalue weighted by Crippen LogP contribution is 2.41. The average molecular weight is 308 g/mol. The van der Waals surface area contributed by atoms with Gasteiger partial charge in [-0.05, 0) is 50.8 Å². The van der Waals surface area contributed by atoms with E-state index in [0.717, 1.165) is 25.7 Å². The number of benzene rings is 1. The van der Waals surface area contributed by atoms with E-state index in [9.17, 15) is 0 Å². The molecule has 3 rings (SSSR count). The molecule has 0 bridgehead atoms. The van der Waals surface area contributed by atoms with Crippen LogP contribution in [0.3, 0.4) is 0 Å². The number of nitrogens with zero attached hydrogens (tertiary/aromatic N) is 2. The van der Waals surface area contributed by atoms with Crippen LogP contribution in [0.15, 0.2) is 22.7 Å². The zero-order valence-electron chi connectivity index (χ0n) is 11.9. The van der Waals surface area contributed by atoms with Crippen LogP contribution in [-0.2, 0) is 10.3 Å². The number of ether oxygens (including phenoxy) is 1. The molecular formula is C15H18ClN3O2. The van der Waals surface area contributed by atoms with Crippen molar-refractivity contribution in [2.75, 3.05) is 12.3 Å². The Labute approximate surface area is 128 Å². The van der Waals surface area contributed by atoms with Crippen molar-refractivity contribution >= 4 is 17.3 Å². The molecule has 0 atom stereocenters. The molecule has 0 saturated heterocycles. The molecule has 1 saturated carbocycles. The molecule has 0 spiro atoms. The van der Waals surface area contributed by atoms with Crippen molar-refractivity contribution in [3.05, 3.63) is 29.0 Å². The van der Waals surface area contributed by atoms with Gasteiger partial charge < -0.3 is 15.0 Å². The minimum absolute atomic E-state index is 0.383. The third-order valence-electron chi connectivity index (χ3n) is 3.89. The van der Waals surface area contributed by atoms with Gasteiger partial charge >= 0.3 is 0 Å². The summed E-state index contributed by atoms with van der Waals surface area (Å²) in [6, 6.07) is 5.20. The zero-order chi connectivity index (χ0) is 14.9. The van der Waals surface area contributed by atoms with Crippen molar-refractivity contribution in [2.24, 2.45) is 0 Å². The van der Waals surface area contributed by atoms with E-state index < -0.39 is 5.60 Å². The van der Waals surface area contributed by atoms with Gasteiger partial charge in [-0.15, -0.1) is 0 Å². The zero-order valence-corrected chi connectivity index (χ0v) is 12.7. The first kappa shape index (κ1) is 14.4. The highest BCUT2D eigenvalue weighted by atomic mass is 35.5. The first-order valence-corrected chi connectivity index (χ1v) is 7.56. The summed E-state index contributed by atoms with van der Waals surface area (Å²) in [5.41, 5.74) is 6.64. The van der Waals surface area contributed by atoms with Gasteiger partial charge in [0.2, 0.25) is 5.82 Å². The minimum atomic E-state index is -0.413. The van der Waals surface area contributed by atoms with Crippen LogP contribution in [0.4, 0.5) is 5.69 Å². The summed E-state index contributed by atoms with van der Waals surface area (Å²) in [5.74, 6) is 0.989. The summed E-state index contributed by atoms with van der Waals surface area (Å²) >= 11 is 6.18. The predicted octanol–water partition coefficient (Wildman–Crippen LogP) is 3.78. The van der Waals surface area contributed by atoms with E-state index in [2.05, 4.69) is 10.1 Å². The lowest BCUT2D eigenvalue weighted by molar-refractivity contribution is -0.0469. The van der Waals surface area contributed by atoms with Crippen LogP contribution in [0.25, 0.3) is 11.5 Å². The maximum Gasteiger partial charge on any atom is 0.259 e. The molecule has 6 heteroatoms. The Bertz CT molecular complexity index is 636. The lowest BCUT2D eigenvalue weighted by Crippen LogP contribution is -2.27. The summed E-state index contributed by atoms with van der Waals surface area (Å²) in [4.78, 5) is 4.51. The molecule has 1 fully saturated rings. The molecule has 0 amide bonds. The first-order valence-electron chi connectivity index (χ1n) is 7.18. The van der Waals surface area contributed by atoms with Gasteiger partial charge in [0.1, 0.15) is 5.60 Å². The number of hydrogen-bond donors (Lipinski definition) is 1. The van der Waals surface area contributed by atoms with Crippen molar-refractivity contribution < 1.29 is 9.26 Å². The van der Waals surface area contributed by atoms with Crippen molar-refractivity contribution in [1.29, 1.82) is 0 Å². The second kappa shape index (κ2) is 5.66. The van der Waals surface area contributed by atoms with Crippen LogP contribution in [0, 0.1) is 0 Å². The molecule has 2 N–H and O–H groups in total. The van der Waals surface area contributed by atoms with Crippen LogP contribution in [-0.4, -0.2) is 16.7 Å². The van der Waals surface area contributed by atoms with Crippen LogP contribution >= 0.6 is 11.6 Å². The standard InChI is InChI=1S/C15H18ClN3O2/c1-2-20-15(7-3-4-8-15)14-18-13(21-19-14)11-9-10(17)5-6-12(11)16/h5-6,9H,2-4,7-8,17H2,1H3. The van der Waals surface area contributed by atoms with E-state index in [1.807, 2.05) is 6.92 Å². The van der Waals surface area contributed by atoms with Crippen LogP contribution in [0.1, 0.15) is 38.4 Å². The Kier molecular flexibility index (Phi) is 3.87. The highest BCUT2D eigenvalue weighted by molar-refractivity contribution is 6.33. The van der Waals surface area contributed by atoms with Gasteiger partial charge in [-0.1, -0.05) is 16.8 Å². The van der Waals surface area contributed by atoms with Gasteiger partial charge in [-0.2, -0.15) is 4.98 Å². The number of nitrogens with two attached hydrogens (primary N) is 1. The average Bonchev–Trinajstić information content (AvgIpc) is 3.11. The third-order valence-corrected chi connectivity index (χ3v) is 4.22. The van der Waals surface area contributed by atoms with Crippen LogP contribution < -0.4 is 5.73 Å². The van der Waals surface area contributed by atoms with E-state index in [1.165, 1.54) is 0 Å². The molecule has 21 heavy (non-hydrogen) atoms.